The van der Waals surface area contributed by atoms with E-state index < -0.39 is 0 Å². The van der Waals surface area contributed by atoms with Crippen LogP contribution in [0.2, 0.25) is 0 Å². The summed E-state index contributed by atoms with van der Waals surface area (Å²) in [5.74, 6) is 2.66. The van der Waals surface area contributed by atoms with Gasteiger partial charge in [0.1, 0.15) is 11.6 Å². The Morgan fingerprint density at radius 1 is 1.36 bits per heavy atom. The summed E-state index contributed by atoms with van der Waals surface area (Å²) < 4.78 is 15.3. The van der Waals surface area contributed by atoms with Gasteiger partial charge in [-0.15, -0.1) is 24.0 Å². The van der Waals surface area contributed by atoms with E-state index in [9.17, 15) is 4.39 Å². The smallest absolute Gasteiger partial charge is 0.191 e. The second kappa shape index (κ2) is 11.3. The standard InChI is InChI=1S/C20H29FN6.HI/c1-3-18-25-19-11-10-17(14-27(19)26-18)24-20(22-4-2)23-12-6-8-15-7-5-9-16(21)13-15;/h5,7,9,13,17H,3-4,6,8,10-12,14H2,1-2H3,(H2,22,23,24);1H. The van der Waals surface area contributed by atoms with Crippen molar-refractivity contribution in [2.45, 2.75) is 58.5 Å². The van der Waals surface area contributed by atoms with Crippen LogP contribution in [0.4, 0.5) is 4.39 Å². The molecular formula is C20H30FIN6. The van der Waals surface area contributed by atoms with E-state index in [-0.39, 0.29) is 29.8 Å². The van der Waals surface area contributed by atoms with Crippen molar-refractivity contribution < 1.29 is 4.39 Å². The number of benzene rings is 1. The van der Waals surface area contributed by atoms with Gasteiger partial charge in [-0.25, -0.2) is 14.1 Å². The minimum Gasteiger partial charge on any atom is -0.357 e. The van der Waals surface area contributed by atoms with E-state index in [4.69, 9.17) is 0 Å². The lowest BCUT2D eigenvalue weighted by Gasteiger charge is -2.25. The molecule has 2 aromatic rings. The van der Waals surface area contributed by atoms with Crippen LogP contribution in [0.1, 0.15) is 43.9 Å². The average Bonchev–Trinajstić information content (AvgIpc) is 3.08. The lowest BCUT2D eigenvalue weighted by Crippen LogP contribution is -2.47. The Balaban J connectivity index is 0.00000280. The van der Waals surface area contributed by atoms with Crippen molar-refractivity contribution in [1.82, 2.24) is 25.4 Å². The fourth-order valence-electron chi connectivity index (χ4n) is 3.31. The molecule has 0 fully saturated rings. The maximum atomic E-state index is 13.2. The molecule has 8 heteroatoms. The molecule has 28 heavy (non-hydrogen) atoms. The second-order valence-corrected chi connectivity index (χ2v) is 6.85. The Kier molecular flexibility index (Phi) is 9.14. The van der Waals surface area contributed by atoms with E-state index >= 15 is 0 Å². The summed E-state index contributed by atoms with van der Waals surface area (Å²) in [5, 5.41) is 11.4. The number of hydrogen-bond acceptors (Lipinski definition) is 3. The number of rotatable bonds is 7. The van der Waals surface area contributed by atoms with Crippen LogP contribution in [0.5, 0.6) is 0 Å². The number of fused-ring (bicyclic) bond motifs is 1. The SMILES string of the molecule is CCNC(=NCCCc1cccc(F)c1)NC1CCc2nc(CC)nn2C1.I. The van der Waals surface area contributed by atoms with Crippen LogP contribution >= 0.6 is 24.0 Å². The van der Waals surface area contributed by atoms with Crippen LogP contribution in [-0.4, -0.2) is 39.9 Å². The molecule has 0 spiro atoms. The first-order chi connectivity index (χ1) is 13.2. The highest BCUT2D eigenvalue weighted by atomic mass is 127. The van der Waals surface area contributed by atoms with Crippen molar-refractivity contribution >= 4 is 29.9 Å². The molecule has 1 aromatic carbocycles. The summed E-state index contributed by atoms with van der Waals surface area (Å²) in [6.07, 6.45) is 4.54. The predicted octanol–water partition coefficient (Wildman–Crippen LogP) is 3.10. The first kappa shape index (κ1) is 22.6. The van der Waals surface area contributed by atoms with Crippen molar-refractivity contribution in [3.05, 3.63) is 47.3 Å². The highest BCUT2D eigenvalue weighted by Crippen LogP contribution is 2.13. The lowest BCUT2D eigenvalue weighted by atomic mass is 10.1. The van der Waals surface area contributed by atoms with E-state index in [1.807, 2.05) is 10.7 Å². The first-order valence-corrected chi connectivity index (χ1v) is 9.89. The van der Waals surface area contributed by atoms with Gasteiger partial charge in [0.2, 0.25) is 0 Å². The van der Waals surface area contributed by atoms with Crippen LogP contribution in [0, 0.1) is 5.82 Å². The summed E-state index contributed by atoms with van der Waals surface area (Å²) in [6.45, 7) is 6.48. The molecule has 0 saturated heterocycles. The molecule has 0 bridgehead atoms. The number of aromatic nitrogens is 3. The minimum absolute atomic E-state index is 0. The van der Waals surface area contributed by atoms with Gasteiger partial charge in [-0.2, -0.15) is 5.10 Å². The molecule has 3 rings (SSSR count). The first-order valence-electron chi connectivity index (χ1n) is 9.89. The van der Waals surface area contributed by atoms with Crippen molar-refractivity contribution in [2.24, 2.45) is 4.99 Å². The highest BCUT2D eigenvalue weighted by molar-refractivity contribution is 14.0. The Morgan fingerprint density at radius 2 is 2.21 bits per heavy atom. The van der Waals surface area contributed by atoms with Crippen LogP contribution in [0.3, 0.4) is 0 Å². The quantitative estimate of drug-likeness (QED) is 0.266. The van der Waals surface area contributed by atoms with Crippen LogP contribution in [-0.2, 0) is 25.8 Å². The molecule has 2 heterocycles. The molecule has 1 aromatic heterocycles. The van der Waals surface area contributed by atoms with Gasteiger partial charge in [-0.1, -0.05) is 19.1 Å². The van der Waals surface area contributed by atoms with Gasteiger partial charge in [0.25, 0.3) is 0 Å². The molecule has 1 aliphatic heterocycles. The predicted molar refractivity (Wildman–Crippen MR) is 121 cm³/mol. The number of aliphatic imine (C=N–C) groups is 1. The van der Waals surface area contributed by atoms with Crippen molar-refractivity contribution in [3.8, 4) is 0 Å². The molecule has 1 atom stereocenters. The summed E-state index contributed by atoms with van der Waals surface area (Å²) >= 11 is 0. The molecular weight excluding hydrogens is 470 g/mol. The van der Waals surface area contributed by atoms with Gasteiger partial charge in [-0.05, 0) is 43.9 Å². The average molecular weight is 500 g/mol. The maximum Gasteiger partial charge on any atom is 0.191 e. The zero-order valence-electron chi connectivity index (χ0n) is 16.6. The third kappa shape index (κ3) is 6.42. The fourth-order valence-corrected chi connectivity index (χ4v) is 3.31. The second-order valence-electron chi connectivity index (χ2n) is 6.85. The molecule has 0 saturated carbocycles. The number of halogens is 2. The zero-order valence-corrected chi connectivity index (χ0v) is 18.9. The number of hydrogen-bond donors (Lipinski definition) is 2. The Hall–Kier alpha value is -1.71. The monoisotopic (exact) mass is 500 g/mol. The van der Waals surface area contributed by atoms with Crippen LogP contribution in [0.15, 0.2) is 29.3 Å². The van der Waals surface area contributed by atoms with Gasteiger partial charge < -0.3 is 10.6 Å². The van der Waals surface area contributed by atoms with Crippen LogP contribution < -0.4 is 10.6 Å². The summed E-state index contributed by atoms with van der Waals surface area (Å²) in [5.41, 5.74) is 1.01. The molecule has 0 aliphatic carbocycles. The molecule has 0 amide bonds. The molecule has 1 aliphatic rings. The number of nitrogens with zero attached hydrogens (tertiary/aromatic N) is 4. The Labute approximate surface area is 183 Å². The van der Waals surface area contributed by atoms with E-state index in [2.05, 4.69) is 39.6 Å². The number of aryl methyl sites for hydroxylation is 3. The normalized spacial score (nSPS) is 16.2. The van der Waals surface area contributed by atoms with Gasteiger partial charge in [-0.3, -0.25) is 4.99 Å². The van der Waals surface area contributed by atoms with E-state index in [1.165, 1.54) is 6.07 Å². The van der Waals surface area contributed by atoms with E-state index in [0.29, 0.717) is 12.6 Å². The van der Waals surface area contributed by atoms with Crippen molar-refractivity contribution in [2.75, 3.05) is 13.1 Å². The maximum absolute atomic E-state index is 13.2. The third-order valence-corrected chi connectivity index (χ3v) is 4.69. The van der Waals surface area contributed by atoms with E-state index in [1.54, 1.807) is 12.1 Å². The summed E-state index contributed by atoms with van der Waals surface area (Å²) in [7, 11) is 0. The fraction of sp³-hybridized carbons (Fsp3) is 0.550. The van der Waals surface area contributed by atoms with Gasteiger partial charge in [0.05, 0.1) is 6.54 Å². The minimum atomic E-state index is -0.179. The summed E-state index contributed by atoms with van der Waals surface area (Å²) in [4.78, 5) is 9.24. The lowest BCUT2D eigenvalue weighted by molar-refractivity contribution is 0.392. The third-order valence-electron chi connectivity index (χ3n) is 4.69. The zero-order chi connectivity index (χ0) is 19.1. The number of guanidine groups is 1. The molecule has 1 unspecified atom stereocenters. The van der Waals surface area contributed by atoms with Crippen molar-refractivity contribution in [3.63, 3.8) is 0 Å². The highest BCUT2D eigenvalue weighted by Gasteiger charge is 2.21. The Morgan fingerprint density at radius 3 is 2.96 bits per heavy atom. The summed E-state index contributed by atoms with van der Waals surface area (Å²) in [6, 6.07) is 7.08. The van der Waals surface area contributed by atoms with Gasteiger partial charge in [0, 0.05) is 32.0 Å². The Bertz CT molecular complexity index is 776. The number of nitrogens with one attached hydrogen (secondary N) is 2. The topological polar surface area (TPSA) is 67.1 Å². The molecule has 0 radical (unpaired) electrons. The molecule has 154 valence electrons. The van der Waals surface area contributed by atoms with Gasteiger partial charge >= 0.3 is 0 Å². The van der Waals surface area contributed by atoms with Crippen molar-refractivity contribution in [1.29, 1.82) is 0 Å². The van der Waals surface area contributed by atoms with Gasteiger partial charge in [0.15, 0.2) is 11.8 Å². The largest absolute Gasteiger partial charge is 0.357 e. The molecule has 2 N–H and O–H groups in total. The van der Waals surface area contributed by atoms with E-state index in [0.717, 1.165) is 68.4 Å². The van der Waals surface area contributed by atoms with Crippen LogP contribution in [0.25, 0.3) is 0 Å². The molecule has 6 nitrogen and oxygen atoms in total.